The number of rotatable bonds is 5. The molecule has 27 heavy (non-hydrogen) atoms. The number of aryl methyl sites for hydroxylation is 2. The predicted octanol–water partition coefficient (Wildman–Crippen LogP) is 3.38. The van der Waals surface area contributed by atoms with Crippen LogP contribution in [0.3, 0.4) is 0 Å². The molecule has 0 amide bonds. The molecular formula is C20H25N7. The molecule has 0 aromatic carbocycles. The maximum atomic E-state index is 4.76. The predicted molar refractivity (Wildman–Crippen MR) is 104 cm³/mol. The largest absolute Gasteiger partial charge is 0.337 e. The molecule has 4 heterocycles. The Balaban J connectivity index is 1.59. The van der Waals surface area contributed by atoms with Crippen molar-refractivity contribution < 1.29 is 0 Å². The van der Waals surface area contributed by atoms with E-state index in [-0.39, 0.29) is 6.04 Å². The Bertz CT molecular complexity index is 890. The van der Waals surface area contributed by atoms with E-state index in [4.69, 9.17) is 4.98 Å². The Morgan fingerprint density at radius 3 is 2.81 bits per heavy atom. The standard InChI is InChI=1S/C20H25N7/c1-15-23-16(13-19(24-15)25-18-8-3-5-9-21-18)17-7-4-6-11-27(17)14-20-22-10-12-26(20)2/h3,5,8-10,12-13,17H,4,6-7,11,14H2,1-2H3,(H,21,23,24,25). The van der Waals surface area contributed by atoms with Crippen molar-refractivity contribution in [1.29, 1.82) is 0 Å². The summed E-state index contributed by atoms with van der Waals surface area (Å²) < 4.78 is 2.09. The number of nitrogens with one attached hydrogen (secondary N) is 1. The van der Waals surface area contributed by atoms with E-state index in [0.717, 1.165) is 48.5 Å². The number of anilines is 2. The summed E-state index contributed by atoms with van der Waals surface area (Å²) in [7, 11) is 2.05. The average Bonchev–Trinajstić information content (AvgIpc) is 3.07. The summed E-state index contributed by atoms with van der Waals surface area (Å²) in [4.78, 5) is 20.6. The van der Waals surface area contributed by atoms with Gasteiger partial charge in [0.25, 0.3) is 0 Å². The van der Waals surface area contributed by atoms with Gasteiger partial charge in [0.1, 0.15) is 23.3 Å². The summed E-state index contributed by atoms with van der Waals surface area (Å²) in [5.74, 6) is 3.43. The molecule has 1 aliphatic heterocycles. The Morgan fingerprint density at radius 1 is 1.11 bits per heavy atom. The van der Waals surface area contributed by atoms with E-state index in [0.29, 0.717) is 0 Å². The van der Waals surface area contributed by atoms with E-state index in [1.54, 1.807) is 6.20 Å². The number of hydrogen-bond acceptors (Lipinski definition) is 6. The Morgan fingerprint density at radius 2 is 2.04 bits per heavy atom. The van der Waals surface area contributed by atoms with Gasteiger partial charge in [0, 0.05) is 31.7 Å². The van der Waals surface area contributed by atoms with Gasteiger partial charge >= 0.3 is 0 Å². The first kappa shape index (κ1) is 17.6. The van der Waals surface area contributed by atoms with Gasteiger partial charge in [0.15, 0.2) is 0 Å². The van der Waals surface area contributed by atoms with E-state index in [9.17, 15) is 0 Å². The van der Waals surface area contributed by atoms with Crippen LogP contribution in [0, 0.1) is 6.92 Å². The number of imidazole rings is 1. The summed E-state index contributed by atoms with van der Waals surface area (Å²) in [6.07, 6.45) is 9.16. The molecular weight excluding hydrogens is 338 g/mol. The first-order chi connectivity index (χ1) is 13.2. The van der Waals surface area contributed by atoms with Gasteiger partial charge in [-0.2, -0.15) is 0 Å². The Labute approximate surface area is 159 Å². The van der Waals surface area contributed by atoms with Crippen LogP contribution < -0.4 is 5.32 Å². The quantitative estimate of drug-likeness (QED) is 0.749. The number of hydrogen-bond donors (Lipinski definition) is 1. The second kappa shape index (κ2) is 7.84. The van der Waals surface area contributed by atoms with Crippen LogP contribution in [-0.2, 0) is 13.6 Å². The van der Waals surface area contributed by atoms with Crippen molar-refractivity contribution in [1.82, 2.24) is 29.4 Å². The van der Waals surface area contributed by atoms with Gasteiger partial charge in [-0.05, 0) is 38.4 Å². The first-order valence-electron chi connectivity index (χ1n) is 9.43. The highest BCUT2D eigenvalue weighted by atomic mass is 15.2. The van der Waals surface area contributed by atoms with E-state index < -0.39 is 0 Å². The van der Waals surface area contributed by atoms with Gasteiger partial charge < -0.3 is 9.88 Å². The molecule has 3 aromatic heterocycles. The average molecular weight is 363 g/mol. The van der Waals surface area contributed by atoms with Crippen molar-refractivity contribution in [2.45, 2.75) is 38.8 Å². The lowest BCUT2D eigenvalue weighted by molar-refractivity contribution is 0.132. The maximum absolute atomic E-state index is 4.76. The van der Waals surface area contributed by atoms with Gasteiger partial charge in [-0.15, -0.1) is 0 Å². The minimum atomic E-state index is 0.279. The Kier molecular flexibility index (Phi) is 5.11. The van der Waals surface area contributed by atoms with E-state index >= 15 is 0 Å². The third kappa shape index (κ3) is 4.14. The molecule has 0 radical (unpaired) electrons. The van der Waals surface area contributed by atoms with Gasteiger partial charge in [-0.1, -0.05) is 12.5 Å². The van der Waals surface area contributed by atoms with Crippen LogP contribution in [-0.4, -0.2) is 35.9 Å². The van der Waals surface area contributed by atoms with E-state index in [1.807, 2.05) is 44.6 Å². The molecule has 1 N–H and O–H groups in total. The van der Waals surface area contributed by atoms with Crippen molar-refractivity contribution in [3.8, 4) is 0 Å². The van der Waals surface area contributed by atoms with Crippen LogP contribution in [0.25, 0.3) is 0 Å². The summed E-state index contributed by atoms with van der Waals surface area (Å²) in [5, 5.41) is 3.30. The van der Waals surface area contributed by atoms with Gasteiger partial charge in [-0.25, -0.2) is 19.9 Å². The third-order valence-electron chi connectivity index (χ3n) is 5.00. The number of pyridine rings is 1. The van der Waals surface area contributed by atoms with Gasteiger partial charge in [0.05, 0.1) is 18.3 Å². The fourth-order valence-corrected chi connectivity index (χ4v) is 3.64. The lowest BCUT2D eigenvalue weighted by Crippen LogP contribution is -2.34. The topological polar surface area (TPSA) is 71.8 Å². The minimum absolute atomic E-state index is 0.279. The van der Waals surface area contributed by atoms with Gasteiger partial charge in [-0.3, -0.25) is 4.90 Å². The zero-order valence-corrected chi connectivity index (χ0v) is 15.8. The second-order valence-corrected chi connectivity index (χ2v) is 7.00. The highest BCUT2D eigenvalue weighted by Gasteiger charge is 2.26. The molecule has 1 fully saturated rings. The van der Waals surface area contributed by atoms with E-state index in [1.165, 1.54) is 12.8 Å². The molecule has 1 unspecified atom stereocenters. The SMILES string of the molecule is Cc1nc(Nc2ccccn2)cc(C2CCCCN2Cc2nccn2C)n1. The van der Waals surface area contributed by atoms with Crippen LogP contribution >= 0.6 is 0 Å². The zero-order valence-electron chi connectivity index (χ0n) is 15.8. The fraction of sp³-hybridized carbons (Fsp3) is 0.400. The zero-order chi connectivity index (χ0) is 18.6. The highest BCUT2D eigenvalue weighted by Crippen LogP contribution is 2.32. The van der Waals surface area contributed by atoms with E-state index in [2.05, 4.69) is 35.8 Å². The highest BCUT2D eigenvalue weighted by molar-refractivity contribution is 5.51. The van der Waals surface area contributed by atoms with Crippen molar-refractivity contribution >= 4 is 11.6 Å². The summed E-state index contributed by atoms with van der Waals surface area (Å²) in [6.45, 7) is 3.84. The molecule has 140 valence electrons. The van der Waals surface area contributed by atoms with Crippen molar-refractivity contribution in [2.24, 2.45) is 7.05 Å². The molecule has 1 aliphatic rings. The van der Waals surface area contributed by atoms with Crippen LogP contribution in [0.5, 0.6) is 0 Å². The molecule has 0 aliphatic carbocycles. The number of nitrogens with zero attached hydrogens (tertiary/aromatic N) is 6. The lowest BCUT2D eigenvalue weighted by atomic mass is 9.99. The number of likely N-dealkylation sites (tertiary alicyclic amines) is 1. The first-order valence-corrected chi connectivity index (χ1v) is 9.43. The van der Waals surface area contributed by atoms with Crippen molar-refractivity contribution in [3.63, 3.8) is 0 Å². The second-order valence-electron chi connectivity index (χ2n) is 7.00. The molecule has 0 saturated carbocycles. The molecule has 1 saturated heterocycles. The molecule has 7 heteroatoms. The normalized spacial score (nSPS) is 17.8. The summed E-state index contributed by atoms with van der Waals surface area (Å²) in [6, 6.07) is 8.13. The smallest absolute Gasteiger partial charge is 0.135 e. The van der Waals surface area contributed by atoms with Crippen LogP contribution in [0.4, 0.5) is 11.6 Å². The molecule has 7 nitrogen and oxygen atoms in total. The molecule has 4 rings (SSSR count). The molecule has 0 bridgehead atoms. The summed E-state index contributed by atoms with van der Waals surface area (Å²) in [5.41, 5.74) is 1.06. The number of piperidine rings is 1. The lowest BCUT2D eigenvalue weighted by Gasteiger charge is -2.35. The molecule has 0 spiro atoms. The van der Waals surface area contributed by atoms with Crippen molar-refractivity contribution in [2.75, 3.05) is 11.9 Å². The minimum Gasteiger partial charge on any atom is -0.337 e. The number of aromatic nitrogens is 5. The maximum Gasteiger partial charge on any atom is 0.135 e. The van der Waals surface area contributed by atoms with Crippen LogP contribution in [0.1, 0.15) is 42.6 Å². The molecule has 3 aromatic rings. The van der Waals surface area contributed by atoms with Crippen LogP contribution in [0.2, 0.25) is 0 Å². The van der Waals surface area contributed by atoms with Crippen LogP contribution in [0.15, 0.2) is 42.9 Å². The third-order valence-corrected chi connectivity index (χ3v) is 5.00. The summed E-state index contributed by atoms with van der Waals surface area (Å²) >= 11 is 0. The van der Waals surface area contributed by atoms with Crippen molar-refractivity contribution in [3.05, 3.63) is 60.2 Å². The van der Waals surface area contributed by atoms with Gasteiger partial charge in [0.2, 0.25) is 0 Å². The fourth-order valence-electron chi connectivity index (χ4n) is 3.64. The Hall–Kier alpha value is -2.80. The molecule has 1 atom stereocenters. The monoisotopic (exact) mass is 363 g/mol.